The number of nitrogens with one attached hydrogen (secondary N) is 1. The summed E-state index contributed by atoms with van der Waals surface area (Å²) < 4.78 is 5.97. The van der Waals surface area contributed by atoms with E-state index < -0.39 is 0 Å². The molecule has 0 radical (unpaired) electrons. The molecule has 0 amide bonds. The Morgan fingerprint density at radius 3 is 2.61 bits per heavy atom. The Hall–Kier alpha value is -0.730. The summed E-state index contributed by atoms with van der Waals surface area (Å²) in [5, 5.41) is 4.07. The molecule has 1 N–H and O–H groups in total. The fraction of sp³-hybridized carbons (Fsp3) is 0.600. The van der Waals surface area contributed by atoms with Gasteiger partial charge in [0, 0.05) is 11.1 Å². The van der Waals surface area contributed by atoms with Crippen LogP contribution in [0.1, 0.15) is 33.6 Å². The molecule has 0 saturated heterocycles. The van der Waals surface area contributed by atoms with Gasteiger partial charge in [0.05, 0.1) is 0 Å². The van der Waals surface area contributed by atoms with Crippen LogP contribution >= 0.6 is 11.6 Å². The first-order valence-electron chi connectivity index (χ1n) is 6.68. The van der Waals surface area contributed by atoms with Gasteiger partial charge in [-0.2, -0.15) is 0 Å². The van der Waals surface area contributed by atoms with Gasteiger partial charge in [-0.25, -0.2) is 0 Å². The summed E-state index contributed by atoms with van der Waals surface area (Å²) in [7, 11) is 1.99. The predicted molar refractivity (Wildman–Crippen MR) is 78.5 cm³/mol. The van der Waals surface area contributed by atoms with Crippen LogP contribution in [-0.2, 0) is 0 Å². The Morgan fingerprint density at radius 2 is 2.06 bits per heavy atom. The second kappa shape index (κ2) is 7.65. The Bertz CT molecular complexity index is 356. The molecule has 3 unspecified atom stereocenters. The van der Waals surface area contributed by atoms with Crippen LogP contribution in [0.5, 0.6) is 5.75 Å². The minimum atomic E-state index is 0.120. The van der Waals surface area contributed by atoms with Gasteiger partial charge in [-0.3, -0.25) is 0 Å². The first-order valence-corrected chi connectivity index (χ1v) is 7.05. The largest absolute Gasteiger partial charge is 0.489 e. The van der Waals surface area contributed by atoms with E-state index in [4.69, 9.17) is 16.3 Å². The summed E-state index contributed by atoms with van der Waals surface area (Å²) >= 11 is 5.96. The molecule has 1 aromatic carbocycles. The fourth-order valence-corrected chi connectivity index (χ4v) is 2.63. The lowest BCUT2D eigenvalue weighted by atomic mass is 9.93. The van der Waals surface area contributed by atoms with Crippen LogP contribution in [0.4, 0.5) is 0 Å². The highest BCUT2D eigenvalue weighted by molar-refractivity contribution is 6.30. The smallest absolute Gasteiger partial charge is 0.121 e. The van der Waals surface area contributed by atoms with Crippen LogP contribution in [0.3, 0.4) is 0 Å². The molecule has 0 spiro atoms. The standard InChI is InChI=1S/C15H24ClNO/c1-5-7-11(2)15(17-4)12(3)18-14-9-6-8-13(16)10-14/h6,8-12,15,17H,5,7H2,1-4H3. The molecule has 1 rings (SSSR count). The van der Waals surface area contributed by atoms with Crippen molar-refractivity contribution in [1.29, 1.82) is 0 Å². The van der Waals surface area contributed by atoms with E-state index in [1.54, 1.807) is 0 Å². The number of rotatable bonds is 7. The maximum atomic E-state index is 5.97. The molecule has 0 bridgehead atoms. The van der Waals surface area contributed by atoms with Crippen LogP contribution in [0, 0.1) is 5.92 Å². The minimum absolute atomic E-state index is 0.120. The molecule has 0 heterocycles. The van der Waals surface area contributed by atoms with Crippen molar-refractivity contribution in [3.8, 4) is 5.75 Å². The lowest BCUT2D eigenvalue weighted by Crippen LogP contribution is -2.44. The zero-order valence-electron chi connectivity index (χ0n) is 11.7. The highest BCUT2D eigenvalue weighted by Crippen LogP contribution is 2.21. The van der Waals surface area contributed by atoms with Gasteiger partial charge in [0.15, 0.2) is 0 Å². The normalized spacial score (nSPS) is 16.1. The Balaban J connectivity index is 2.64. The zero-order chi connectivity index (χ0) is 13.5. The summed E-state index contributed by atoms with van der Waals surface area (Å²) in [4.78, 5) is 0. The van der Waals surface area contributed by atoms with E-state index in [0.29, 0.717) is 17.0 Å². The molecule has 2 nitrogen and oxygen atoms in total. The molecule has 0 aliphatic heterocycles. The molecule has 18 heavy (non-hydrogen) atoms. The fourth-order valence-electron chi connectivity index (χ4n) is 2.45. The van der Waals surface area contributed by atoms with Crippen LogP contribution in [0.2, 0.25) is 5.02 Å². The van der Waals surface area contributed by atoms with Gasteiger partial charge in [0.1, 0.15) is 11.9 Å². The molecule has 102 valence electrons. The maximum Gasteiger partial charge on any atom is 0.121 e. The summed E-state index contributed by atoms with van der Waals surface area (Å²) in [6.45, 7) is 6.59. The Kier molecular flexibility index (Phi) is 6.51. The van der Waals surface area contributed by atoms with Gasteiger partial charge in [-0.15, -0.1) is 0 Å². The van der Waals surface area contributed by atoms with Crippen molar-refractivity contribution in [2.24, 2.45) is 5.92 Å². The SMILES string of the molecule is CCCC(C)C(NC)C(C)Oc1cccc(Cl)c1. The molecule has 0 aromatic heterocycles. The van der Waals surface area contributed by atoms with Gasteiger partial charge in [0.25, 0.3) is 0 Å². The van der Waals surface area contributed by atoms with Gasteiger partial charge < -0.3 is 10.1 Å². The first-order chi connectivity index (χ1) is 8.58. The van der Waals surface area contributed by atoms with E-state index in [2.05, 4.69) is 26.1 Å². The van der Waals surface area contributed by atoms with Crippen molar-refractivity contribution in [2.45, 2.75) is 45.8 Å². The van der Waals surface area contributed by atoms with Crippen LogP contribution in [0.25, 0.3) is 0 Å². The first kappa shape index (κ1) is 15.3. The lowest BCUT2D eigenvalue weighted by Gasteiger charge is -2.29. The Morgan fingerprint density at radius 1 is 1.33 bits per heavy atom. The average molecular weight is 270 g/mol. The third-order valence-corrected chi connectivity index (χ3v) is 3.55. The number of hydrogen-bond acceptors (Lipinski definition) is 2. The Labute approximate surface area is 116 Å². The van der Waals surface area contributed by atoms with E-state index in [-0.39, 0.29) is 6.10 Å². The third kappa shape index (κ3) is 4.51. The van der Waals surface area contributed by atoms with Crippen molar-refractivity contribution in [3.63, 3.8) is 0 Å². The second-order valence-corrected chi connectivity index (χ2v) is 5.30. The molecule has 0 aliphatic carbocycles. The summed E-state index contributed by atoms with van der Waals surface area (Å²) in [6, 6.07) is 7.92. The van der Waals surface area contributed by atoms with Gasteiger partial charge in [0.2, 0.25) is 0 Å². The summed E-state index contributed by atoms with van der Waals surface area (Å²) in [6.07, 6.45) is 2.52. The molecule has 3 heteroatoms. The van der Waals surface area contributed by atoms with Crippen LogP contribution in [0.15, 0.2) is 24.3 Å². The van der Waals surface area contributed by atoms with Crippen molar-refractivity contribution >= 4 is 11.6 Å². The molecular formula is C15H24ClNO. The third-order valence-electron chi connectivity index (χ3n) is 3.31. The monoisotopic (exact) mass is 269 g/mol. The van der Waals surface area contributed by atoms with Crippen molar-refractivity contribution in [3.05, 3.63) is 29.3 Å². The summed E-state index contributed by atoms with van der Waals surface area (Å²) in [5.41, 5.74) is 0. The maximum absolute atomic E-state index is 5.97. The highest BCUT2D eigenvalue weighted by Gasteiger charge is 2.22. The van der Waals surface area contributed by atoms with E-state index >= 15 is 0 Å². The molecule has 3 atom stereocenters. The van der Waals surface area contributed by atoms with E-state index in [9.17, 15) is 0 Å². The highest BCUT2D eigenvalue weighted by atomic mass is 35.5. The topological polar surface area (TPSA) is 21.3 Å². The van der Waals surface area contributed by atoms with Crippen LogP contribution in [-0.4, -0.2) is 19.2 Å². The number of likely N-dealkylation sites (N-methyl/N-ethyl adjacent to an activating group) is 1. The second-order valence-electron chi connectivity index (χ2n) is 4.86. The number of hydrogen-bond donors (Lipinski definition) is 1. The minimum Gasteiger partial charge on any atom is -0.489 e. The van der Waals surface area contributed by atoms with Crippen molar-refractivity contribution in [1.82, 2.24) is 5.32 Å². The average Bonchev–Trinajstić information content (AvgIpc) is 2.30. The number of ether oxygens (including phenoxy) is 1. The van der Waals surface area contributed by atoms with Gasteiger partial charge >= 0.3 is 0 Å². The quantitative estimate of drug-likeness (QED) is 0.804. The molecule has 0 aliphatic rings. The van der Waals surface area contributed by atoms with E-state index in [1.807, 2.05) is 31.3 Å². The molecular weight excluding hydrogens is 246 g/mol. The van der Waals surface area contributed by atoms with E-state index in [0.717, 1.165) is 5.75 Å². The molecule has 1 aromatic rings. The van der Waals surface area contributed by atoms with Gasteiger partial charge in [-0.1, -0.05) is 37.9 Å². The number of benzene rings is 1. The van der Waals surface area contributed by atoms with Crippen molar-refractivity contribution in [2.75, 3.05) is 7.05 Å². The molecule has 0 fully saturated rings. The lowest BCUT2D eigenvalue weighted by molar-refractivity contribution is 0.141. The van der Waals surface area contributed by atoms with E-state index in [1.165, 1.54) is 12.8 Å². The van der Waals surface area contributed by atoms with Gasteiger partial charge in [-0.05, 0) is 44.5 Å². The van der Waals surface area contributed by atoms with Crippen LogP contribution < -0.4 is 10.1 Å². The summed E-state index contributed by atoms with van der Waals surface area (Å²) in [5.74, 6) is 1.42. The van der Waals surface area contributed by atoms with Crippen molar-refractivity contribution < 1.29 is 4.74 Å². The molecule has 0 saturated carbocycles. The predicted octanol–water partition coefficient (Wildman–Crippen LogP) is 4.13. The zero-order valence-corrected chi connectivity index (χ0v) is 12.5. The number of halogens is 1.